The summed E-state index contributed by atoms with van der Waals surface area (Å²) in [6.45, 7) is 2.21. The number of hydrogen-bond donors (Lipinski definition) is 0. The number of nitro benzene ring substituents is 1. The van der Waals surface area contributed by atoms with Gasteiger partial charge in [-0.05, 0) is 12.1 Å². The van der Waals surface area contributed by atoms with Gasteiger partial charge < -0.3 is 18.9 Å². The molecule has 0 bridgehead atoms. The Bertz CT molecular complexity index is 700. The Kier molecular flexibility index (Phi) is 6.23. The Morgan fingerprint density at radius 2 is 1.81 bits per heavy atom. The van der Waals surface area contributed by atoms with Crippen LogP contribution in [0.1, 0.15) is 24.2 Å². The van der Waals surface area contributed by atoms with Gasteiger partial charge in [0, 0.05) is 26.0 Å². The van der Waals surface area contributed by atoms with E-state index in [9.17, 15) is 24.5 Å². The maximum absolute atomic E-state index is 12.2. The molecule has 0 aliphatic carbocycles. The van der Waals surface area contributed by atoms with E-state index in [0.717, 1.165) is 0 Å². The highest BCUT2D eigenvalue weighted by Gasteiger charge is 2.43. The molecular formula is C16H17NO9. The molecule has 10 heteroatoms. The van der Waals surface area contributed by atoms with Crippen molar-refractivity contribution in [2.75, 3.05) is 13.2 Å². The smallest absolute Gasteiger partial charge is 0.338 e. The van der Waals surface area contributed by atoms with Gasteiger partial charge in [0.1, 0.15) is 12.7 Å². The molecule has 140 valence electrons. The number of nitrogens with zero attached hydrogens (tertiary/aromatic N) is 1. The molecule has 1 heterocycles. The van der Waals surface area contributed by atoms with Gasteiger partial charge in [-0.3, -0.25) is 19.7 Å². The molecule has 0 radical (unpaired) electrons. The number of rotatable bonds is 6. The highest BCUT2D eigenvalue weighted by Crippen LogP contribution is 2.23. The minimum atomic E-state index is -0.936. The lowest BCUT2D eigenvalue weighted by molar-refractivity contribution is -0.384. The first kappa shape index (κ1) is 19.3. The summed E-state index contributed by atoms with van der Waals surface area (Å²) in [5.74, 6) is -1.88. The van der Waals surface area contributed by atoms with Crippen molar-refractivity contribution < 1.29 is 38.3 Å². The van der Waals surface area contributed by atoms with E-state index in [2.05, 4.69) is 0 Å². The second-order valence-electron chi connectivity index (χ2n) is 5.50. The molecule has 1 saturated heterocycles. The van der Waals surface area contributed by atoms with E-state index in [1.54, 1.807) is 0 Å². The molecule has 26 heavy (non-hydrogen) atoms. The summed E-state index contributed by atoms with van der Waals surface area (Å²) in [5.41, 5.74) is -0.0643. The van der Waals surface area contributed by atoms with Gasteiger partial charge in [-0.15, -0.1) is 0 Å². The van der Waals surface area contributed by atoms with Crippen LogP contribution in [0, 0.1) is 10.1 Å². The Morgan fingerprint density at radius 1 is 1.15 bits per heavy atom. The lowest BCUT2D eigenvalue weighted by atomic mass is 10.1. The summed E-state index contributed by atoms with van der Waals surface area (Å²) in [6.07, 6.45) is -2.60. The summed E-state index contributed by atoms with van der Waals surface area (Å²) in [5, 5.41) is 10.6. The van der Waals surface area contributed by atoms with Gasteiger partial charge in [0.05, 0.1) is 17.1 Å². The summed E-state index contributed by atoms with van der Waals surface area (Å²) in [7, 11) is 0. The fourth-order valence-electron chi connectivity index (χ4n) is 2.36. The summed E-state index contributed by atoms with van der Waals surface area (Å²) in [6, 6.07) is 4.87. The molecule has 0 saturated carbocycles. The number of carbonyl (C=O) groups excluding carboxylic acids is 3. The van der Waals surface area contributed by atoms with Crippen LogP contribution in [0.25, 0.3) is 0 Å². The Hall–Kier alpha value is -3.01. The topological polar surface area (TPSA) is 131 Å². The van der Waals surface area contributed by atoms with E-state index in [0.29, 0.717) is 0 Å². The fourth-order valence-corrected chi connectivity index (χ4v) is 2.36. The SMILES string of the molecule is CC(=O)OC[C@H]1OC[C@@H](OC(=O)c2ccc([N+](=O)[O-])cc2)[C@@H]1OC(C)=O. The van der Waals surface area contributed by atoms with Crippen LogP contribution in [0.15, 0.2) is 24.3 Å². The minimum absolute atomic E-state index is 0.0530. The second-order valence-corrected chi connectivity index (χ2v) is 5.50. The van der Waals surface area contributed by atoms with Crippen LogP contribution in [0.4, 0.5) is 5.69 Å². The molecule has 0 spiro atoms. The number of ether oxygens (including phenoxy) is 4. The minimum Gasteiger partial charge on any atom is -0.463 e. The zero-order valence-electron chi connectivity index (χ0n) is 14.1. The highest BCUT2D eigenvalue weighted by molar-refractivity contribution is 5.89. The van der Waals surface area contributed by atoms with Crippen LogP contribution in [0.2, 0.25) is 0 Å². The van der Waals surface area contributed by atoms with Crippen LogP contribution in [0.3, 0.4) is 0 Å². The quantitative estimate of drug-likeness (QED) is 0.313. The Balaban J connectivity index is 2.05. The molecule has 0 amide bonds. The first-order valence-corrected chi connectivity index (χ1v) is 7.65. The maximum atomic E-state index is 12.2. The number of benzene rings is 1. The third kappa shape index (κ3) is 4.99. The lowest BCUT2D eigenvalue weighted by Crippen LogP contribution is -2.39. The van der Waals surface area contributed by atoms with Crippen molar-refractivity contribution in [1.82, 2.24) is 0 Å². The molecule has 3 atom stereocenters. The molecule has 1 fully saturated rings. The fraction of sp³-hybridized carbons (Fsp3) is 0.438. The third-order valence-electron chi connectivity index (χ3n) is 3.53. The predicted octanol–water partition coefficient (Wildman–Crippen LogP) is 1.01. The van der Waals surface area contributed by atoms with Gasteiger partial charge in [-0.25, -0.2) is 4.79 Å². The summed E-state index contributed by atoms with van der Waals surface area (Å²) < 4.78 is 20.7. The van der Waals surface area contributed by atoms with Crippen molar-refractivity contribution in [3.63, 3.8) is 0 Å². The first-order valence-electron chi connectivity index (χ1n) is 7.65. The van der Waals surface area contributed by atoms with Crippen LogP contribution < -0.4 is 0 Å². The average Bonchev–Trinajstić information content (AvgIpc) is 2.94. The maximum Gasteiger partial charge on any atom is 0.338 e. The molecule has 2 rings (SSSR count). The first-order chi connectivity index (χ1) is 12.3. The lowest BCUT2D eigenvalue weighted by Gasteiger charge is -2.22. The summed E-state index contributed by atoms with van der Waals surface area (Å²) >= 11 is 0. The third-order valence-corrected chi connectivity index (χ3v) is 3.53. The van der Waals surface area contributed by atoms with Gasteiger partial charge in [-0.2, -0.15) is 0 Å². The van der Waals surface area contributed by atoms with Gasteiger partial charge in [0.25, 0.3) is 5.69 Å². The van der Waals surface area contributed by atoms with Crippen molar-refractivity contribution in [1.29, 1.82) is 0 Å². The molecule has 1 aromatic rings. The van der Waals surface area contributed by atoms with Gasteiger partial charge in [-0.1, -0.05) is 0 Å². The molecule has 1 aliphatic heterocycles. The van der Waals surface area contributed by atoms with E-state index in [1.165, 1.54) is 38.1 Å². The second kappa shape index (κ2) is 8.39. The van der Waals surface area contributed by atoms with Crippen LogP contribution >= 0.6 is 0 Å². The number of nitro groups is 1. The Labute approximate surface area is 148 Å². The van der Waals surface area contributed by atoms with E-state index in [-0.39, 0.29) is 24.5 Å². The average molecular weight is 367 g/mol. The van der Waals surface area contributed by atoms with Gasteiger partial charge in [0.2, 0.25) is 0 Å². The van der Waals surface area contributed by atoms with E-state index < -0.39 is 41.1 Å². The largest absolute Gasteiger partial charge is 0.463 e. The number of carbonyl (C=O) groups is 3. The Morgan fingerprint density at radius 3 is 2.35 bits per heavy atom. The molecule has 1 aromatic carbocycles. The normalized spacial score (nSPS) is 21.7. The van der Waals surface area contributed by atoms with Crippen molar-refractivity contribution in [2.45, 2.75) is 32.2 Å². The molecule has 0 aromatic heterocycles. The van der Waals surface area contributed by atoms with Crippen LogP contribution in [-0.2, 0) is 28.5 Å². The standard InChI is InChI=1S/C16H17NO9/c1-9(18)23-7-13-15(25-10(2)19)14(8-24-13)26-16(20)11-3-5-12(6-4-11)17(21)22/h3-6,13-15H,7-8H2,1-2H3/t13-,14-,15-/m1/s1. The van der Waals surface area contributed by atoms with Crippen molar-refractivity contribution >= 4 is 23.6 Å². The molecule has 1 aliphatic rings. The zero-order valence-corrected chi connectivity index (χ0v) is 14.1. The molecule has 10 nitrogen and oxygen atoms in total. The molecule has 0 N–H and O–H groups in total. The van der Waals surface area contributed by atoms with Crippen molar-refractivity contribution in [2.24, 2.45) is 0 Å². The zero-order chi connectivity index (χ0) is 19.3. The highest BCUT2D eigenvalue weighted by atomic mass is 16.6. The van der Waals surface area contributed by atoms with Crippen LogP contribution in [0.5, 0.6) is 0 Å². The number of non-ortho nitro benzene ring substituents is 1. The van der Waals surface area contributed by atoms with E-state index in [1.807, 2.05) is 0 Å². The molecular weight excluding hydrogens is 350 g/mol. The monoisotopic (exact) mass is 367 g/mol. The number of hydrogen-bond acceptors (Lipinski definition) is 9. The molecule has 0 unspecified atom stereocenters. The van der Waals surface area contributed by atoms with Crippen molar-refractivity contribution in [3.8, 4) is 0 Å². The summed E-state index contributed by atoms with van der Waals surface area (Å²) in [4.78, 5) is 44.5. The van der Waals surface area contributed by atoms with Gasteiger partial charge >= 0.3 is 17.9 Å². The van der Waals surface area contributed by atoms with Crippen molar-refractivity contribution in [3.05, 3.63) is 39.9 Å². The van der Waals surface area contributed by atoms with E-state index >= 15 is 0 Å². The number of esters is 3. The van der Waals surface area contributed by atoms with E-state index in [4.69, 9.17) is 18.9 Å². The van der Waals surface area contributed by atoms with Crippen LogP contribution in [-0.4, -0.2) is 54.4 Å². The predicted molar refractivity (Wildman–Crippen MR) is 84.2 cm³/mol. The van der Waals surface area contributed by atoms with Gasteiger partial charge in [0.15, 0.2) is 12.2 Å².